The van der Waals surface area contributed by atoms with Crippen LogP contribution in [-0.2, 0) is 15.1 Å². The van der Waals surface area contributed by atoms with Crippen LogP contribution in [0.3, 0.4) is 0 Å². The lowest BCUT2D eigenvalue weighted by molar-refractivity contribution is -0.150. The number of halogens is 1. The summed E-state index contributed by atoms with van der Waals surface area (Å²) >= 11 is 6.91. The lowest BCUT2D eigenvalue weighted by Crippen LogP contribution is -2.35. The molecule has 1 unspecified atom stereocenters. The van der Waals surface area contributed by atoms with Crippen molar-refractivity contribution in [2.24, 2.45) is 4.99 Å². The van der Waals surface area contributed by atoms with Crippen LogP contribution in [0.2, 0.25) is 4.34 Å². The molecule has 0 radical (unpaired) electrons. The van der Waals surface area contributed by atoms with Crippen molar-refractivity contribution in [3.05, 3.63) is 33.5 Å². The summed E-state index contributed by atoms with van der Waals surface area (Å²) < 4.78 is 0.489. The molecule has 6 heteroatoms. The standard InChI is InChI=1S/C10H6ClNO3S/c11-7-3-2-6(16-7)10(4-1-5-12-10)8(13)9(14)15/h1-5H,(H,14,15). The molecule has 0 aliphatic carbocycles. The molecule has 1 aromatic heterocycles. The second-order valence-corrected chi connectivity index (χ2v) is 4.86. The van der Waals surface area contributed by atoms with E-state index in [-0.39, 0.29) is 0 Å². The van der Waals surface area contributed by atoms with Gasteiger partial charge in [0.2, 0.25) is 0 Å². The number of carbonyl (C=O) groups is 2. The van der Waals surface area contributed by atoms with E-state index in [1.165, 1.54) is 12.3 Å². The molecule has 2 heterocycles. The summed E-state index contributed by atoms with van der Waals surface area (Å²) in [5, 5.41) is 8.79. The molecule has 0 saturated heterocycles. The molecule has 1 N–H and O–H groups in total. The van der Waals surface area contributed by atoms with Gasteiger partial charge >= 0.3 is 5.97 Å². The predicted octanol–water partition coefficient (Wildman–Crippen LogP) is 1.89. The fourth-order valence-electron chi connectivity index (χ4n) is 1.46. The number of carboxylic acid groups (broad SMARTS) is 1. The molecule has 0 bridgehead atoms. The Morgan fingerprint density at radius 2 is 2.19 bits per heavy atom. The summed E-state index contributed by atoms with van der Waals surface area (Å²) in [7, 11) is 0. The number of allylic oxidation sites excluding steroid dienone is 1. The van der Waals surface area contributed by atoms with E-state index in [1.807, 2.05) is 0 Å². The first-order chi connectivity index (χ1) is 7.56. The van der Waals surface area contributed by atoms with Crippen LogP contribution < -0.4 is 0 Å². The summed E-state index contributed by atoms with van der Waals surface area (Å²) in [5.74, 6) is -2.48. The van der Waals surface area contributed by atoms with E-state index in [2.05, 4.69) is 4.99 Å². The van der Waals surface area contributed by atoms with Crippen LogP contribution in [0.5, 0.6) is 0 Å². The van der Waals surface area contributed by atoms with Crippen molar-refractivity contribution in [2.45, 2.75) is 5.54 Å². The van der Waals surface area contributed by atoms with Gasteiger partial charge in [0.1, 0.15) is 0 Å². The molecule has 0 aromatic carbocycles. The normalized spacial score (nSPS) is 22.6. The van der Waals surface area contributed by atoms with E-state index in [0.29, 0.717) is 9.21 Å². The van der Waals surface area contributed by atoms with Gasteiger partial charge in [0.05, 0.1) is 4.34 Å². The molecule has 1 aliphatic rings. The Labute approximate surface area is 99.9 Å². The highest BCUT2D eigenvalue weighted by molar-refractivity contribution is 7.16. The van der Waals surface area contributed by atoms with Gasteiger partial charge in [0, 0.05) is 11.1 Å². The van der Waals surface area contributed by atoms with E-state index in [1.54, 1.807) is 18.2 Å². The van der Waals surface area contributed by atoms with Crippen molar-refractivity contribution in [3.8, 4) is 0 Å². The second-order valence-electron chi connectivity index (χ2n) is 3.14. The average Bonchev–Trinajstić information content (AvgIpc) is 2.85. The second kappa shape index (κ2) is 3.84. The highest BCUT2D eigenvalue weighted by Gasteiger charge is 2.43. The summed E-state index contributed by atoms with van der Waals surface area (Å²) in [4.78, 5) is 26.9. The topological polar surface area (TPSA) is 66.7 Å². The molecule has 0 saturated carbocycles. The summed E-state index contributed by atoms with van der Waals surface area (Å²) in [6.07, 6.45) is 4.43. The Bertz CT molecular complexity index is 506. The molecule has 82 valence electrons. The number of aliphatic carboxylic acids is 1. The van der Waals surface area contributed by atoms with Crippen molar-refractivity contribution in [2.75, 3.05) is 0 Å². The van der Waals surface area contributed by atoms with Crippen molar-refractivity contribution >= 4 is 40.9 Å². The number of carboxylic acids is 1. The molecule has 0 amide bonds. The van der Waals surface area contributed by atoms with Crippen LogP contribution in [0.15, 0.2) is 29.3 Å². The first kappa shape index (κ1) is 11.0. The van der Waals surface area contributed by atoms with Gasteiger partial charge < -0.3 is 5.11 Å². The highest BCUT2D eigenvalue weighted by atomic mass is 35.5. The molecule has 0 fully saturated rings. The summed E-state index contributed by atoms with van der Waals surface area (Å²) in [6, 6.07) is 3.22. The van der Waals surface area contributed by atoms with Gasteiger partial charge in [0.25, 0.3) is 5.78 Å². The van der Waals surface area contributed by atoms with Gasteiger partial charge in [-0.05, 0) is 24.3 Å². The number of Topliss-reactive ketones (excluding diaryl/α,β-unsaturated/α-hetero) is 1. The van der Waals surface area contributed by atoms with Crippen LogP contribution in [0.25, 0.3) is 0 Å². The third-order valence-electron chi connectivity index (χ3n) is 2.19. The van der Waals surface area contributed by atoms with Gasteiger partial charge in [0.15, 0.2) is 5.54 Å². The van der Waals surface area contributed by atoms with Crippen molar-refractivity contribution < 1.29 is 14.7 Å². The zero-order valence-corrected chi connectivity index (χ0v) is 9.46. The average molecular weight is 256 g/mol. The van der Waals surface area contributed by atoms with E-state index < -0.39 is 17.3 Å². The zero-order valence-electron chi connectivity index (χ0n) is 7.88. The zero-order chi connectivity index (χ0) is 11.8. The van der Waals surface area contributed by atoms with Crippen molar-refractivity contribution in [3.63, 3.8) is 0 Å². The third kappa shape index (κ3) is 1.58. The maximum atomic E-state index is 11.7. The smallest absolute Gasteiger partial charge is 0.375 e. The number of rotatable bonds is 3. The molecular formula is C10H6ClNO3S. The summed E-state index contributed by atoms with van der Waals surface area (Å²) in [6.45, 7) is 0. The SMILES string of the molecule is O=C(O)C(=O)C1(c2ccc(Cl)s2)C=CC=N1. The van der Waals surface area contributed by atoms with Gasteiger partial charge in [-0.25, -0.2) is 4.79 Å². The Hall–Kier alpha value is -1.46. The van der Waals surface area contributed by atoms with Crippen LogP contribution in [0, 0.1) is 0 Å². The minimum absolute atomic E-state index is 0.489. The van der Waals surface area contributed by atoms with E-state index >= 15 is 0 Å². The van der Waals surface area contributed by atoms with Crippen LogP contribution in [0.1, 0.15) is 4.88 Å². The highest BCUT2D eigenvalue weighted by Crippen LogP contribution is 2.37. The number of hydrogen-bond donors (Lipinski definition) is 1. The fourth-order valence-corrected chi connectivity index (χ4v) is 2.62. The number of nitrogens with zero attached hydrogens (tertiary/aromatic N) is 1. The van der Waals surface area contributed by atoms with Gasteiger partial charge in [-0.15, -0.1) is 11.3 Å². The first-order valence-electron chi connectivity index (χ1n) is 4.33. The molecule has 4 nitrogen and oxygen atoms in total. The number of hydrogen-bond acceptors (Lipinski definition) is 4. The van der Waals surface area contributed by atoms with Crippen LogP contribution >= 0.6 is 22.9 Å². The van der Waals surface area contributed by atoms with Crippen molar-refractivity contribution in [1.82, 2.24) is 0 Å². The van der Waals surface area contributed by atoms with Gasteiger partial charge in [-0.3, -0.25) is 9.79 Å². The molecule has 16 heavy (non-hydrogen) atoms. The Morgan fingerprint density at radius 3 is 2.62 bits per heavy atom. The Kier molecular flexibility index (Phi) is 2.65. The number of carbonyl (C=O) groups excluding carboxylic acids is 1. The molecule has 1 aromatic rings. The number of aliphatic imine (C=N–C) groups is 1. The Balaban J connectivity index is 2.53. The molecule has 2 rings (SSSR count). The molecular weight excluding hydrogens is 250 g/mol. The predicted molar refractivity (Wildman–Crippen MR) is 61.3 cm³/mol. The molecule has 0 spiro atoms. The van der Waals surface area contributed by atoms with Crippen molar-refractivity contribution in [1.29, 1.82) is 0 Å². The third-order valence-corrected chi connectivity index (χ3v) is 3.55. The Morgan fingerprint density at radius 1 is 1.44 bits per heavy atom. The lowest BCUT2D eigenvalue weighted by atomic mass is 9.93. The van der Waals surface area contributed by atoms with Crippen LogP contribution in [-0.4, -0.2) is 23.1 Å². The minimum atomic E-state index is -1.51. The largest absolute Gasteiger partial charge is 0.475 e. The van der Waals surface area contributed by atoms with E-state index in [0.717, 1.165) is 11.3 Å². The maximum absolute atomic E-state index is 11.7. The van der Waals surface area contributed by atoms with E-state index in [9.17, 15) is 9.59 Å². The van der Waals surface area contributed by atoms with E-state index in [4.69, 9.17) is 16.7 Å². The number of ketones is 1. The monoisotopic (exact) mass is 255 g/mol. The molecule has 1 aliphatic heterocycles. The molecule has 1 atom stereocenters. The summed E-state index contributed by atoms with van der Waals surface area (Å²) in [5.41, 5.74) is -1.43. The lowest BCUT2D eigenvalue weighted by Gasteiger charge is -2.18. The first-order valence-corrected chi connectivity index (χ1v) is 5.52. The van der Waals surface area contributed by atoms with Gasteiger partial charge in [-0.1, -0.05) is 11.6 Å². The quantitative estimate of drug-likeness (QED) is 0.839. The number of thiophene rings is 1. The minimum Gasteiger partial charge on any atom is -0.475 e. The fraction of sp³-hybridized carbons (Fsp3) is 0.100. The maximum Gasteiger partial charge on any atom is 0.375 e. The van der Waals surface area contributed by atoms with Crippen LogP contribution in [0.4, 0.5) is 0 Å². The van der Waals surface area contributed by atoms with Gasteiger partial charge in [-0.2, -0.15) is 0 Å².